The number of halogens is 8. The minimum absolute atomic E-state index is 0.0381. The van der Waals surface area contributed by atoms with Crippen molar-refractivity contribution in [3.8, 4) is 22.3 Å². The van der Waals surface area contributed by atoms with E-state index in [0.717, 1.165) is 63.7 Å². The largest absolute Gasteiger partial charge is 0.444 e. The molecule has 0 fully saturated rings. The number of rotatable bonds is 7. The Morgan fingerprint density at radius 2 is 1.04 bits per heavy atom. The van der Waals surface area contributed by atoms with Gasteiger partial charge in [0.15, 0.2) is 0 Å². The number of alkyl carbamates (subject to hydrolysis) is 1. The molecule has 0 bridgehead atoms. The molecule has 6 aromatic rings. The summed E-state index contributed by atoms with van der Waals surface area (Å²) in [5, 5.41) is 11.4. The maximum Gasteiger partial charge on any atom is 0.416 e. The molecule has 3 N–H and O–H groups in total. The summed E-state index contributed by atoms with van der Waals surface area (Å²) in [5.74, 6) is -0.865. The number of amides is 1. The highest BCUT2D eigenvalue weighted by Gasteiger charge is 2.34. The summed E-state index contributed by atoms with van der Waals surface area (Å²) in [4.78, 5) is 49.0. The number of nitrogens with two attached hydrogens (primary N) is 1. The molecule has 20 heteroatoms. The highest BCUT2D eigenvalue weighted by molar-refractivity contribution is 6.36. The van der Waals surface area contributed by atoms with Crippen molar-refractivity contribution >= 4 is 75.4 Å². The molecule has 10 rings (SSSR count). The van der Waals surface area contributed by atoms with Crippen LogP contribution in [0.1, 0.15) is 91.9 Å². The number of anilines is 4. The molecule has 2 atom stereocenters. The molecule has 0 aromatic heterocycles. The van der Waals surface area contributed by atoms with Gasteiger partial charge in [-0.15, -0.1) is 0 Å². The summed E-state index contributed by atoms with van der Waals surface area (Å²) in [7, 11) is 0. The van der Waals surface area contributed by atoms with E-state index in [9.17, 15) is 40.7 Å². The van der Waals surface area contributed by atoms with E-state index in [1.165, 1.54) is 24.3 Å². The Morgan fingerprint density at radius 1 is 0.613 bits per heavy atom. The van der Waals surface area contributed by atoms with Gasteiger partial charge in [-0.1, -0.05) is 69.9 Å². The van der Waals surface area contributed by atoms with Gasteiger partial charge >= 0.3 is 30.4 Å². The zero-order chi connectivity index (χ0) is 53.6. The number of ether oxygens (including phenoxy) is 1. The monoisotopic (exact) mass is 1070 g/mol. The van der Waals surface area contributed by atoms with E-state index in [1.54, 1.807) is 32.9 Å². The van der Waals surface area contributed by atoms with Crippen LogP contribution in [-0.4, -0.2) is 48.1 Å². The summed E-state index contributed by atoms with van der Waals surface area (Å²) in [6.07, 6.45) is -8.04. The van der Waals surface area contributed by atoms with Crippen LogP contribution in [0, 0.1) is 0 Å². The van der Waals surface area contributed by atoms with Gasteiger partial charge in [0, 0.05) is 53.0 Å². The molecule has 1 amide bonds. The second kappa shape index (κ2) is 20.7. The van der Waals surface area contributed by atoms with Crippen LogP contribution < -0.4 is 20.9 Å². The number of fused-ring (bicyclic) bond motifs is 2. The Kier molecular flexibility index (Phi) is 14.5. The van der Waals surface area contributed by atoms with Crippen LogP contribution in [0.4, 0.5) is 53.9 Å². The van der Waals surface area contributed by atoms with Gasteiger partial charge in [-0.2, -0.15) is 26.3 Å². The first kappa shape index (κ1) is 52.5. The number of nitrogens with zero attached hydrogens (tertiary/aromatic N) is 4. The van der Waals surface area contributed by atoms with Crippen LogP contribution in [0.3, 0.4) is 0 Å². The van der Waals surface area contributed by atoms with Gasteiger partial charge in [0.2, 0.25) is 0 Å². The maximum atomic E-state index is 13.1. The number of alkyl halides is 6. The first-order chi connectivity index (χ1) is 35.5. The molecule has 75 heavy (non-hydrogen) atoms. The molecular weight excluding hydrogens is 1030 g/mol. The number of carbonyl (C=O) groups excluding carboxylic acids is 3. The third kappa shape index (κ3) is 11.8. The lowest BCUT2D eigenvalue weighted by Gasteiger charge is -2.37. The molecule has 4 heterocycles. The fourth-order valence-electron chi connectivity index (χ4n) is 9.17. The van der Waals surface area contributed by atoms with Crippen LogP contribution in [-0.2, 0) is 36.4 Å². The summed E-state index contributed by atoms with van der Waals surface area (Å²) in [6.45, 7) is 6.53. The normalized spacial score (nSPS) is 17.4. The molecule has 4 aliphatic rings. The number of oxime groups is 2. The molecule has 388 valence electrons. The smallest absolute Gasteiger partial charge is 0.416 e. The Morgan fingerprint density at radius 3 is 1.45 bits per heavy atom. The second-order valence-electron chi connectivity index (χ2n) is 19.1. The third-order valence-corrected chi connectivity index (χ3v) is 13.4. The molecule has 0 saturated heterocycles. The van der Waals surface area contributed by atoms with Gasteiger partial charge in [0.05, 0.1) is 40.1 Å². The lowest BCUT2D eigenvalue weighted by atomic mass is 9.91. The summed E-state index contributed by atoms with van der Waals surface area (Å²) in [5.41, 5.74) is 14.3. The van der Waals surface area contributed by atoms with Gasteiger partial charge in [-0.05, 0) is 152 Å². The van der Waals surface area contributed by atoms with Gasteiger partial charge in [-0.3, -0.25) is 0 Å². The lowest BCUT2D eigenvalue weighted by Crippen LogP contribution is -2.39. The number of hydrogen-bond donors (Lipinski definition) is 2. The van der Waals surface area contributed by atoms with Crippen molar-refractivity contribution in [2.24, 2.45) is 16.0 Å². The lowest BCUT2D eigenvalue weighted by molar-refractivity contribution is -0.140. The molecule has 6 aromatic carbocycles. The fraction of sp³-hybridized carbons (Fsp3) is 0.255. The Bertz CT molecular complexity index is 3270. The average molecular weight is 1070 g/mol. The highest BCUT2D eigenvalue weighted by atomic mass is 35.5. The van der Waals surface area contributed by atoms with Crippen molar-refractivity contribution in [3.63, 3.8) is 0 Å². The first-order valence-corrected chi connectivity index (χ1v) is 24.3. The molecular formula is C55H46Cl2F6N6O6. The topological polar surface area (TPSA) is 148 Å². The van der Waals surface area contributed by atoms with Crippen LogP contribution >= 0.6 is 23.2 Å². The Hall–Kier alpha value is -7.41. The fourth-order valence-corrected chi connectivity index (χ4v) is 9.74. The van der Waals surface area contributed by atoms with Gasteiger partial charge in [0.25, 0.3) is 0 Å². The Labute approximate surface area is 436 Å². The predicted molar refractivity (Wildman–Crippen MR) is 273 cm³/mol. The Balaban J connectivity index is 0.000000187. The van der Waals surface area contributed by atoms with E-state index in [0.29, 0.717) is 75.2 Å². The van der Waals surface area contributed by atoms with Crippen molar-refractivity contribution in [1.82, 2.24) is 5.32 Å². The van der Waals surface area contributed by atoms with Crippen molar-refractivity contribution in [2.75, 3.05) is 22.9 Å². The van der Waals surface area contributed by atoms with Crippen LogP contribution in [0.15, 0.2) is 132 Å². The summed E-state index contributed by atoms with van der Waals surface area (Å²) < 4.78 is 83.5. The second-order valence-corrected chi connectivity index (χ2v) is 19.9. The third-order valence-electron chi connectivity index (χ3n) is 12.8. The van der Waals surface area contributed by atoms with E-state index in [4.69, 9.17) is 38.5 Å². The highest BCUT2D eigenvalue weighted by Crippen LogP contribution is 2.44. The molecule has 0 aliphatic carbocycles. The van der Waals surface area contributed by atoms with E-state index in [2.05, 4.69) is 25.4 Å². The molecule has 0 spiro atoms. The van der Waals surface area contributed by atoms with Crippen LogP contribution in [0.5, 0.6) is 0 Å². The van der Waals surface area contributed by atoms with E-state index in [1.807, 2.05) is 65.6 Å². The van der Waals surface area contributed by atoms with Gasteiger partial charge in [0.1, 0.15) is 17.0 Å². The van der Waals surface area contributed by atoms with E-state index >= 15 is 0 Å². The zero-order valence-corrected chi connectivity index (χ0v) is 41.8. The summed E-state index contributed by atoms with van der Waals surface area (Å²) >= 11 is 13.1. The number of carbonyl (C=O) groups is 3. The first-order valence-electron chi connectivity index (χ1n) is 23.6. The zero-order valence-electron chi connectivity index (χ0n) is 40.3. The van der Waals surface area contributed by atoms with Gasteiger partial charge in [-0.25, -0.2) is 14.4 Å². The van der Waals surface area contributed by atoms with E-state index in [-0.39, 0.29) is 18.9 Å². The maximum absolute atomic E-state index is 13.1. The van der Waals surface area contributed by atoms with Crippen molar-refractivity contribution in [2.45, 2.75) is 76.5 Å². The summed E-state index contributed by atoms with van der Waals surface area (Å²) in [6, 6.07) is 31.7. The van der Waals surface area contributed by atoms with Crippen LogP contribution in [0.25, 0.3) is 22.3 Å². The minimum Gasteiger partial charge on any atom is -0.444 e. The molecule has 0 radical (unpaired) electrons. The number of nitrogens with one attached hydrogen (secondary N) is 1. The SMILES string of the molecule is CC(C)(C)OC(=O)NC1CCN(c2ccc(C3=NOC(=O)C3)c(Cl)c2)c2ccc(-c3ccc(C(F)(F)F)cc3)cc21.NC1CCN(c2ccc(C3=NOC(=O)C3)c(Cl)c2)c2ccc(-c3ccc(C(F)(F)F)cc3)cc21. The van der Waals surface area contributed by atoms with E-state index < -0.39 is 53.2 Å². The molecule has 12 nitrogen and oxygen atoms in total. The van der Waals surface area contributed by atoms with Crippen molar-refractivity contribution in [3.05, 3.63) is 165 Å². The number of hydrogen-bond acceptors (Lipinski definition) is 11. The van der Waals surface area contributed by atoms with Crippen molar-refractivity contribution in [1.29, 1.82) is 0 Å². The predicted octanol–water partition coefficient (Wildman–Crippen LogP) is 14.0. The average Bonchev–Trinajstić information content (AvgIpc) is 4.00. The minimum atomic E-state index is -4.43. The quantitative estimate of drug-likeness (QED) is 0.118. The van der Waals surface area contributed by atoms with Crippen molar-refractivity contribution < 1.29 is 55.1 Å². The molecule has 0 saturated carbocycles. The van der Waals surface area contributed by atoms with Gasteiger partial charge < -0.3 is 35.3 Å². The molecule has 2 unspecified atom stereocenters. The number of benzene rings is 6. The molecule has 4 aliphatic heterocycles. The van der Waals surface area contributed by atoms with Crippen LogP contribution in [0.2, 0.25) is 10.0 Å². The standard InChI is InChI=1S/C30H27ClF3N3O4.C25H19ClF3N3O2/c1-29(2,3)40-28(39)35-24-12-13-37(20-9-10-21(23(31)15-20)25-16-27(38)41-36-25)26-11-6-18(14-22(24)26)17-4-7-19(8-5-17)30(32,33)34;26-20-12-17(6-7-18(20)22-13-24(33)34-31-22)32-10-9-21(30)19-11-15(3-8-23(19)32)14-1-4-16(5-2-14)25(27,28)29/h4-11,14-15,24H,12-13,16H2,1-3H3,(H,35,39);1-8,11-12,21H,9-10,13,30H2.